The highest BCUT2D eigenvalue weighted by Crippen LogP contribution is 2.21. The molecule has 240 valence electrons. The molecular weight excluding hydrogens is 558 g/mol. The van der Waals surface area contributed by atoms with Crippen molar-refractivity contribution in [1.82, 2.24) is 33.8 Å². The molecule has 6 rings (SSSR count). The first-order chi connectivity index (χ1) is 22.2. The van der Waals surface area contributed by atoms with Gasteiger partial charge in [-0.05, 0) is 50.6 Å². The Kier molecular flexibility index (Phi) is 12.8. The minimum Gasteiger partial charge on any atom is -0.366 e. The van der Waals surface area contributed by atoms with Crippen LogP contribution in [-0.2, 0) is 0 Å². The lowest BCUT2D eigenvalue weighted by Gasteiger charge is -2.33. The van der Waals surface area contributed by atoms with Crippen LogP contribution < -0.4 is 5.32 Å². The van der Waals surface area contributed by atoms with Crippen LogP contribution in [0.3, 0.4) is 0 Å². The second-order valence-electron chi connectivity index (χ2n) is 12.7. The molecule has 6 heterocycles. The summed E-state index contributed by atoms with van der Waals surface area (Å²) in [6.45, 7) is 5.76. The number of likely N-dealkylation sites (tertiary alicyclic amines) is 1. The fraction of sp³-hybridized carbons (Fsp3) is 0.583. The van der Waals surface area contributed by atoms with Gasteiger partial charge < -0.3 is 10.2 Å². The fourth-order valence-electron chi connectivity index (χ4n) is 6.24. The molecular formula is C36H51N9. The Morgan fingerprint density at radius 1 is 0.867 bits per heavy atom. The first-order valence-electron chi connectivity index (χ1n) is 17.5. The molecule has 3 aromatic rings. The Balaban J connectivity index is 0.000000715. The molecule has 9 nitrogen and oxygen atoms in total. The molecule has 3 aliphatic rings. The molecule has 0 bridgehead atoms. The number of anilines is 1. The molecule has 3 aromatic heterocycles. The van der Waals surface area contributed by atoms with Gasteiger partial charge in [0, 0.05) is 25.0 Å². The number of hydrogen-bond donors (Lipinski definition) is 1. The number of rotatable bonds is 18. The van der Waals surface area contributed by atoms with Crippen molar-refractivity contribution < 1.29 is 0 Å². The van der Waals surface area contributed by atoms with Crippen LogP contribution in [0.4, 0.5) is 5.82 Å². The molecule has 0 spiro atoms. The van der Waals surface area contributed by atoms with Gasteiger partial charge in [-0.2, -0.15) is 5.26 Å². The van der Waals surface area contributed by atoms with E-state index >= 15 is 0 Å². The Labute approximate surface area is 269 Å². The zero-order valence-electron chi connectivity index (χ0n) is 27.2. The number of pyridine rings is 1. The van der Waals surface area contributed by atoms with Gasteiger partial charge in [0.15, 0.2) is 11.6 Å². The Bertz CT molecular complexity index is 1460. The van der Waals surface area contributed by atoms with E-state index in [1.165, 1.54) is 109 Å². The monoisotopic (exact) mass is 609 g/mol. The summed E-state index contributed by atoms with van der Waals surface area (Å²) >= 11 is 0. The highest BCUT2D eigenvalue weighted by molar-refractivity contribution is 5.59. The minimum atomic E-state index is 0.399. The van der Waals surface area contributed by atoms with Gasteiger partial charge in [0.1, 0.15) is 29.6 Å². The van der Waals surface area contributed by atoms with E-state index in [-0.39, 0.29) is 0 Å². The summed E-state index contributed by atoms with van der Waals surface area (Å²) in [6.07, 6.45) is 31.2. The summed E-state index contributed by atoms with van der Waals surface area (Å²) in [4.78, 5) is 20.2. The van der Waals surface area contributed by atoms with E-state index in [2.05, 4.69) is 38.2 Å². The van der Waals surface area contributed by atoms with Gasteiger partial charge in [-0.15, -0.1) is 0 Å². The van der Waals surface area contributed by atoms with Gasteiger partial charge in [-0.25, -0.2) is 19.9 Å². The number of hydrogen-bond acceptors (Lipinski definition) is 7. The van der Waals surface area contributed by atoms with Crippen LogP contribution in [0, 0.1) is 11.3 Å². The molecule has 0 radical (unpaired) electrons. The summed E-state index contributed by atoms with van der Waals surface area (Å²) in [5, 5.41) is 12.9. The predicted octanol–water partition coefficient (Wildman–Crippen LogP) is 8.21. The van der Waals surface area contributed by atoms with Crippen molar-refractivity contribution in [2.75, 3.05) is 25.0 Å². The van der Waals surface area contributed by atoms with Crippen LogP contribution in [0.15, 0.2) is 49.3 Å². The number of fused-ring (bicyclic) bond motifs is 2. The third kappa shape index (κ3) is 10.4. The van der Waals surface area contributed by atoms with E-state index in [1.54, 1.807) is 31.0 Å². The number of imidazole rings is 2. The lowest BCUT2D eigenvalue weighted by Crippen LogP contribution is -2.42. The Morgan fingerprint density at radius 2 is 1.58 bits per heavy atom. The molecule has 0 amide bonds. The molecule has 45 heavy (non-hydrogen) atoms. The number of nitrogens with zero attached hydrogens (tertiary/aromatic N) is 8. The smallest absolute Gasteiger partial charge is 0.180 e. The van der Waals surface area contributed by atoms with Crippen molar-refractivity contribution in [3.63, 3.8) is 0 Å². The zero-order valence-corrected chi connectivity index (χ0v) is 27.2. The number of piperidine rings is 1. The molecule has 0 unspecified atom stereocenters. The van der Waals surface area contributed by atoms with Gasteiger partial charge >= 0.3 is 0 Å². The molecule has 1 saturated heterocycles. The van der Waals surface area contributed by atoms with Crippen LogP contribution in [0.1, 0.15) is 115 Å². The molecule has 0 aliphatic carbocycles. The maximum atomic E-state index is 9.27. The average Bonchev–Trinajstić information content (AvgIpc) is 3.44. The van der Waals surface area contributed by atoms with Crippen molar-refractivity contribution in [3.8, 4) is 23.4 Å². The van der Waals surface area contributed by atoms with Gasteiger partial charge in [-0.1, -0.05) is 90.4 Å². The van der Waals surface area contributed by atoms with Gasteiger partial charge in [0.2, 0.25) is 0 Å². The van der Waals surface area contributed by atoms with Crippen LogP contribution >= 0.6 is 0 Å². The normalized spacial score (nSPS) is 15.4. The molecule has 9 heteroatoms. The Hall–Kier alpha value is -3.77. The first kappa shape index (κ1) is 32.6. The molecule has 3 aliphatic heterocycles. The van der Waals surface area contributed by atoms with E-state index < -0.39 is 0 Å². The number of unbranched alkanes of at least 4 members (excludes halogenated alkanes) is 13. The molecule has 1 fully saturated rings. The molecule has 1 N–H and O–H groups in total. The van der Waals surface area contributed by atoms with Gasteiger partial charge in [0.25, 0.3) is 0 Å². The number of aromatic nitrogens is 6. The van der Waals surface area contributed by atoms with Gasteiger partial charge in [0.05, 0.1) is 18.0 Å². The van der Waals surface area contributed by atoms with Crippen molar-refractivity contribution in [2.24, 2.45) is 0 Å². The number of nitrogens with one attached hydrogen (secondary N) is 1. The average molecular weight is 610 g/mol. The molecule has 0 aromatic carbocycles. The van der Waals surface area contributed by atoms with E-state index in [0.717, 1.165) is 35.9 Å². The van der Waals surface area contributed by atoms with E-state index in [0.29, 0.717) is 17.4 Å². The van der Waals surface area contributed by atoms with Crippen molar-refractivity contribution in [2.45, 2.75) is 116 Å². The fourth-order valence-corrected chi connectivity index (χ4v) is 6.24. The van der Waals surface area contributed by atoms with E-state index in [9.17, 15) is 5.26 Å². The standard InChI is InChI=1S/C33H49N7.C3H2N2/c1-2-3-4-5-6-7-8-9-10-11-12-13-14-15-22-39-23-16-17-29(27-39)37-31-20-21-35-33(38-31)30-25-36-32-19-18-28(24-34)26-40(30)32;1-3-4-2-5(1)3/h18-21,25-26,29H,2-17,22-23,27H2,1H3,(H,35,37,38);1-2H/t29-;/m1./s1. The summed E-state index contributed by atoms with van der Waals surface area (Å²) in [5.41, 5.74) is 2.16. The maximum Gasteiger partial charge on any atom is 0.180 e. The predicted molar refractivity (Wildman–Crippen MR) is 181 cm³/mol. The minimum absolute atomic E-state index is 0.399. The second-order valence-corrected chi connectivity index (χ2v) is 12.7. The summed E-state index contributed by atoms with van der Waals surface area (Å²) < 4.78 is 3.86. The number of nitriles is 1. The second kappa shape index (κ2) is 17.6. The van der Waals surface area contributed by atoms with Crippen LogP contribution in [0.5, 0.6) is 0 Å². The third-order valence-corrected chi connectivity index (χ3v) is 8.97. The first-order valence-corrected chi connectivity index (χ1v) is 17.5. The van der Waals surface area contributed by atoms with Crippen LogP contribution in [-0.4, -0.2) is 59.5 Å². The summed E-state index contributed by atoms with van der Waals surface area (Å²) in [6, 6.07) is 8.16. The largest absolute Gasteiger partial charge is 0.366 e. The summed E-state index contributed by atoms with van der Waals surface area (Å²) in [5.74, 6) is 2.59. The Morgan fingerprint density at radius 3 is 2.20 bits per heavy atom. The topological polar surface area (TPSA) is 100.0 Å². The lowest BCUT2D eigenvalue weighted by atomic mass is 10.0. The van der Waals surface area contributed by atoms with E-state index in [1.807, 2.05) is 27.3 Å². The quantitative estimate of drug-likeness (QED) is 0.0999. The highest BCUT2D eigenvalue weighted by atomic mass is 15.2. The maximum absolute atomic E-state index is 9.27. The molecule has 1 atom stereocenters. The third-order valence-electron chi connectivity index (χ3n) is 8.97. The lowest BCUT2D eigenvalue weighted by molar-refractivity contribution is 0.212. The molecule has 0 saturated carbocycles. The SMILES string of the molecule is CCCCCCCCCCCCCCCCN1CCC[C@@H](Nc2ccnc(-c3cnc4ccc(C#N)cn34)n2)C1.c1nc2cn1-2. The van der Waals surface area contributed by atoms with Crippen molar-refractivity contribution >= 4 is 11.5 Å². The zero-order chi connectivity index (χ0) is 31.1. The summed E-state index contributed by atoms with van der Waals surface area (Å²) in [7, 11) is 0. The van der Waals surface area contributed by atoms with Crippen LogP contribution in [0.25, 0.3) is 23.0 Å². The van der Waals surface area contributed by atoms with Gasteiger partial charge in [-0.3, -0.25) is 8.97 Å². The van der Waals surface area contributed by atoms with E-state index in [4.69, 9.17) is 4.98 Å². The van der Waals surface area contributed by atoms with Crippen LogP contribution in [0.2, 0.25) is 0 Å². The highest BCUT2D eigenvalue weighted by Gasteiger charge is 2.20. The van der Waals surface area contributed by atoms with Crippen molar-refractivity contribution in [3.05, 3.63) is 54.9 Å². The van der Waals surface area contributed by atoms with Crippen molar-refractivity contribution in [1.29, 1.82) is 5.26 Å².